The molecule has 1 aliphatic carbocycles. The Bertz CT molecular complexity index is 639. The molecule has 0 spiro atoms. The molecule has 0 atom stereocenters. The number of rotatable bonds is 3. The van der Waals surface area contributed by atoms with Crippen molar-refractivity contribution in [2.75, 3.05) is 12.8 Å². The Labute approximate surface area is 130 Å². The molecular formula is C18H22N2O2. The van der Waals surface area contributed by atoms with Crippen LogP contribution in [0, 0.1) is 0 Å². The highest BCUT2D eigenvalue weighted by molar-refractivity contribution is 5.92. The first-order valence-electron chi connectivity index (χ1n) is 7.88. The minimum Gasteiger partial charge on any atom is -0.451 e. The molecular weight excluding hydrogens is 276 g/mol. The van der Waals surface area contributed by atoms with Crippen molar-refractivity contribution in [2.45, 2.75) is 38.1 Å². The van der Waals surface area contributed by atoms with Crippen molar-refractivity contribution in [3.05, 3.63) is 42.2 Å². The largest absolute Gasteiger partial charge is 0.451 e. The van der Waals surface area contributed by atoms with Gasteiger partial charge in [0.1, 0.15) is 5.76 Å². The summed E-state index contributed by atoms with van der Waals surface area (Å²) >= 11 is 0. The molecule has 4 nitrogen and oxygen atoms in total. The average Bonchev–Trinajstić information content (AvgIpc) is 3.05. The van der Waals surface area contributed by atoms with E-state index in [1.165, 1.54) is 19.3 Å². The van der Waals surface area contributed by atoms with Gasteiger partial charge in [-0.3, -0.25) is 4.79 Å². The first kappa shape index (κ1) is 14.7. The first-order chi connectivity index (χ1) is 10.6. The van der Waals surface area contributed by atoms with Crippen LogP contribution in [0.2, 0.25) is 0 Å². The fraction of sp³-hybridized carbons (Fsp3) is 0.389. The van der Waals surface area contributed by atoms with E-state index in [9.17, 15) is 4.79 Å². The maximum atomic E-state index is 12.6. The van der Waals surface area contributed by atoms with Crippen LogP contribution < -0.4 is 5.73 Å². The van der Waals surface area contributed by atoms with E-state index >= 15 is 0 Å². The molecule has 3 rings (SSSR count). The molecule has 2 aromatic rings. The van der Waals surface area contributed by atoms with Crippen LogP contribution in [0.1, 0.15) is 42.7 Å². The van der Waals surface area contributed by atoms with Crippen LogP contribution in [-0.4, -0.2) is 23.9 Å². The topological polar surface area (TPSA) is 59.5 Å². The van der Waals surface area contributed by atoms with Gasteiger partial charge in [0, 0.05) is 24.3 Å². The number of benzene rings is 1. The molecule has 1 fully saturated rings. The summed E-state index contributed by atoms with van der Waals surface area (Å²) in [5.41, 5.74) is 7.33. The van der Waals surface area contributed by atoms with E-state index in [1.54, 1.807) is 6.07 Å². The lowest BCUT2D eigenvalue weighted by Crippen LogP contribution is -2.38. The maximum absolute atomic E-state index is 12.6. The normalized spacial score (nSPS) is 15.7. The Balaban J connectivity index is 1.75. The molecule has 0 saturated heterocycles. The van der Waals surface area contributed by atoms with Crippen molar-refractivity contribution in [3.8, 4) is 11.3 Å². The SMILES string of the molecule is CN(C(=O)c1ccc(-c2ccc(N)cc2)o1)C1CCCCC1. The maximum Gasteiger partial charge on any atom is 0.289 e. The zero-order valence-electron chi connectivity index (χ0n) is 12.9. The first-order valence-corrected chi connectivity index (χ1v) is 7.88. The van der Waals surface area contributed by atoms with Gasteiger partial charge in [-0.2, -0.15) is 0 Å². The lowest BCUT2D eigenvalue weighted by molar-refractivity contribution is 0.0665. The third-order valence-electron chi connectivity index (χ3n) is 4.45. The number of nitrogens with two attached hydrogens (primary N) is 1. The molecule has 116 valence electrons. The van der Waals surface area contributed by atoms with E-state index in [0.29, 0.717) is 23.2 Å². The van der Waals surface area contributed by atoms with Crippen LogP contribution in [0.3, 0.4) is 0 Å². The highest BCUT2D eigenvalue weighted by Crippen LogP contribution is 2.26. The quantitative estimate of drug-likeness (QED) is 0.873. The molecule has 0 bridgehead atoms. The van der Waals surface area contributed by atoms with Crippen molar-refractivity contribution in [3.63, 3.8) is 0 Å². The van der Waals surface area contributed by atoms with E-state index in [1.807, 2.05) is 42.3 Å². The minimum atomic E-state index is -0.0337. The summed E-state index contributed by atoms with van der Waals surface area (Å²) < 4.78 is 5.75. The summed E-state index contributed by atoms with van der Waals surface area (Å²) in [5.74, 6) is 1.06. The Morgan fingerprint density at radius 3 is 2.45 bits per heavy atom. The molecule has 22 heavy (non-hydrogen) atoms. The van der Waals surface area contributed by atoms with E-state index in [-0.39, 0.29) is 5.91 Å². The second kappa shape index (κ2) is 6.26. The Kier molecular flexibility index (Phi) is 4.18. The fourth-order valence-electron chi connectivity index (χ4n) is 3.06. The van der Waals surface area contributed by atoms with Gasteiger partial charge in [-0.15, -0.1) is 0 Å². The Morgan fingerprint density at radius 1 is 1.09 bits per heavy atom. The van der Waals surface area contributed by atoms with Crippen molar-refractivity contribution >= 4 is 11.6 Å². The van der Waals surface area contributed by atoms with Crippen molar-refractivity contribution in [1.82, 2.24) is 4.90 Å². The summed E-state index contributed by atoms with van der Waals surface area (Å²) in [5, 5.41) is 0. The third-order valence-corrected chi connectivity index (χ3v) is 4.45. The minimum absolute atomic E-state index is 0.0337. The average molecular weight is 298 g/mol. The molecule has 1 aromatic heterocycles. The van der Waals surface area contributed by atoms with Gasteiger partial charge < -0.3 is 15.1 Å². The van der Waals surface area contributed by atoms with Crippen molar-refractivity contribution in [1.29, 1.82) is 0 Å². The molecule has 1 saturated carbocycles. The predicted molar refractivity (Wildman–Crippen MR) is 87.5 cm³/mol. The predicted octanol–water partition coefficient (Wildman–Crippen LogP) is 3.93. The number of amides is 1. The van der Waals surface area contributed by atoms with Gasteiger partial charge in [0.15, 0.2) is 5.76 Å². The number of carbonyl (C=O) groups excluding carboxylic acids is 1. The summed E-state index contributed by atoms with van der Waals surface area (Å²) in [4.78, 5) is 14.4. The Hall–Kier alpha value is -2.23. The molecule has 0 unspecified atom stereocenters. The van der Waals surface area contributed by atoms with E-state index in [2.05, 4.69) is 0 Å². The number of nitrogen functional groups attached to an aromatic ring is 1. The van der Waals surface area contributed by atoms with E-state index in [0.717, 1.165) is 18.4 Å². The lowest BCUT2D eigenvalue weighted by Gasteiger charge is -2.30. The molecule has 1 amide bonds. The second-order valence-corrected chi connectivity index (χ2v) is 5.99. The van der Waals surface area contributed by atoms with Crippen LogP contribution in [0.15, 0.2) is 40.8 Å². The lowest BCUT2D eigenvalue weighted by atomic mass is 9.94. The highest BCUT2D eigenvalue weighted by atomic mass is 16.4. The number of hydrogen-bond acceptors (Lipinski definition) is 3. The van der Waals surface area contributed by atoms with E-state index < -0.39 is 0 Å². The highest BCUT2D eigenvalue weighted by Gasteiger charge is 2.25. The van der Waals surface area contributed by atoms with Crippen molar-refractivity contribution in [2.24, 2.45) is 0 Å². The summed E-state index contributed by atoms with van der Waals surface area (Å²) in [6.07, 6.45) is 5.87. The van der Waals surface area contributed by atoms with Gasteiger partial charge in [-0.25, -0.2) is 0 Å². The summed E-state index contributed by atoms with van der Waals surface area (Å²) in [6, 6.07) is 11.4. The van der Waals surface area contributed by atoms with Crippen LogP contribution in [0.4, 0.5) is 5.69 Å². The van der Waals surface area contributed by atoms with Crippen LogP contribution in [0.5, 0.6) is 0 Å². The van der Waals surface area contributed by atoms with Crippen LogP contribution in [-0.2, 0) is 0 Å². The summed E-state index contributed by atoms with van der Waals surface area (Å²) in [6.45, 7) is 0. The zero-order chi connectivity index (χ0) is 15.5. The molecule has 1 aromatic carbocycles. The van der Waals surface area contributed by atoms with Crippen LogP contribution >= 0.6 is 0 Å². The molecule has 0 aliphatic heterocycles. The standard InChI is InChI=1S/C18H22N2O2/c1-20(15-5-3-2-4-6-15)18(21)17-12-11-16(22-17)13-7-9-14(19)10-8-13/h7-12,15H,2-6,19H2,1H3. The van der Waals surface area contributed by atoms with Gasteiger partial charge in [-0.05, 0) is 49.2 Å². The summed E-state index contributed by atoms with van der Waals surface area (Å²) in [7, 11) is 1.88. The molecule has 2 N–H and O–H groups in total. The third kappa shape index (κ3) is 3.01. The zero-order valence-corrected chi connectivity index (χ0v) is 12.9. The molecule has 1 aliphatic rings. The Morgan fingerprint density at radius 2 is 1.77 bits per heavy atom. The van der Waals surface area contributed by atoms with Crippen LogP contribution in [0.25, 0.3) is 11.3 Å². The smallest absolute Gasteiger partial charge is 0.289 e. The van der Waals surface area contributed by atoms with E-state index in [4.69, 9.17) is 10.2 Å². The van der Waals surface area contributed by atoms with Gasteiger partial charge in [0.05, 0.1) is 0 Å². The van der Waals surface area contributed by atoms with Gasteiger partial charge in [0.25, 0.3) is 5.91 Å². The number of hydrogen-bond donors (Lipinski definition) is 1. The molecule has 1 heterocycles. The van der Waals surface area contributed by atoms with Gasteiger partial charge in [0.2, 0.25) is 0 Å². The molecule has 4 heteroatoms. The number of anilines is 1. The number of nitrogens with zero attached hydrogens (tertiary/aromatic N) is 1. The second-order valence-electron chi connectivity index (χ2n) is 5.99. The fourth-order valence-corrected chi connectivity index (χ4v) is 3.06. The van der Waals surface area contributed by atoms with Gasteiger partial charge >= 0.3 is 0 Å². The number of furan rings is 1. The monoisotopic (exact) mass is 298 g/mol. The van der Waals surface area contributed by atoms with Gasteiger partial charge in [-0.1, -0.05) is 19.3 Å². The van der Waals surface area contributed by atoms with Crippen molar-refractivity contribution < 1.29 is 9.21 Å². The molecule has 0 radical (unpaired) electrons. The number of carbonyl (C=O) groups is 1.